The van der Waals surface area contributed by atoms with Crippen LogP contribution < -0.4 is 4.90 Å². The van der Waals surface area contributed by atoms with E-state index in [4.69, 9.17) is 0 Å². The predicted octanol–water partition coefficient (Wildman–Crippen LogP) is 2.23. The molecule has 0 unspecified atom stereocenters. The number of hydrogen-bond donors (Lipinski definition) is 0. The molecular weight excluding hydrogens is 226 g/mol. The highest BCUT2D eigenvalue weighted by atomic mass is 16.1. The lowest BCUT2D eigenvalue weighted by Gasteiger charge is -2.18. The SMILES string of the molecule is Cc1ccccc1CN(C)c1ncc(C=O)cn1. The van der Waals surface area contributed by atoms with Crippen LogP contribution in [0.1, 0.15) is 21.5 Å². The lowest BCUT2D eigenvalue weighted by molar-refractivity contribution is 0.112. The highest BCUT2D eigenvalue weighted by molar-refractivity contribution is 5.73. The van der Waals surface area contributed by atoms with Crippen LogP contribution in [0.15, 0.2) is 36.7 Å². The summed E-state index contributed by atoms with van der Waals surface area (Å²) in [4.78, 5) is 20.8. The second-order valence-corrected chi connectivity index (χ2v) is 4.22. The largest absolute Gasteiger partial charge is 0.340 e. The van der Waals surface area contributed by atoms with Crippen LogP contribution in [0.3, 0.4) is 0 Å². The third-order valence-corrected chi connectivity index (χ3v) is 2.80. The standard InChI is InChI=1S/C14H15N3O/c1-11-5-3-4-6-13(11)9-17(2)14-15-7-12(10-18)8-16-14/h3-8,10H,9H2,1-2H3. The van der Waals surface area contributed by atoms with Crippen LogP contribution >= 0.6 is 0 Å². The van der Waals surface area contributed by atoms with Crippen LogP contribution in [0.5, 0.6) is 0 Å². The molecule has 1 heterocycles. The molecule has 0 amide bonds. The molecule has 18 heavy (non-hydrogen) atoms. The molecule has 2 rings (SSSR count). The number of nitrogens with zero attached hydrogens (tertiary/aromatic N) is 3. The number of carbonyl (C=O) groups is 1. The monoisotopic (exact) mass is 241 g/mol. The molecule has 0 N–H and O–H groups in total. The first kappa shape index (κ1) is 12.2. The molecule has 0 aliphatic heterocycles. The second-order valence-electron chi connectivity index (χ2n) is 4.22. The van der Waals surface area contributed by atoms with E-state index in [0.29, 0.717) is 11.5 Å². The fraction of sp³-hybridized carbons (Fsp3) is 0.214. The number of rotatable bonds is 4. The quantitative estimate of drug-likeness (QED) is 0.770. The molecule has 0 radical (unpaired) electrons. The number of hydrogen-bond acceptors (Lipinski definition) is 4. The summed E-state index contributed by atoms with van der Waals surface area (Å²) in [6, 6.07) is 8.21. The van der Waals surface area contributed by atoms with Crippen molar-refractivity contribution in [1.29, 1.82) is 0 Å². The maximum Gasteiger partial charge on any atom is 0.225 e. The Morgan fingerprint density at radius 3 is 2.50 bits per heavy atom. The lowest BCUT2D eigenvalue weighted by Crippen LogP contribution is -2.19. The molecule has 2 aromatic rings. The Bertz CT molecular complexity index is 537. The number of aromatic nitrogens is 2. The third-order valence-electron chi connectivity index (χ3n) is 2.80. The van der Waals surface area contributed by atoms with Gasteiger partial charge in [0.1, 0.15) is 0 Å². The molecule has 1 aromatic carbocycles. The first-order chi connectivity index (χ1) is 8.70. The average molecular weight is 241 g/mol. The van der Waals surface area contributed by atoms with E-state index in [1.807, 2.05) is 24.1 Å². The summed E-state index contributed by atoms with van der Waals surface area (Å²) < 4.78 is 0. The van der Waals surface area contributed by atoms with Crippen LogP contribution in [0.4, 0.5) is 5.95 Å². The summed E-state index contributed by atoms with van der Waals surface area (Å²) in [5, 5.41) is 0. The van der Waals surface area contributed by atoms with Gasteiger partial charge in [0.25, 0.3) is 0 Å². The zero-order valence-electron chi connectivity index (χ0n) is 10.5. The summed E-state index contributed by atoms with van der Waals surface area (Å²) in [5.74, 6) is 0.615. The van der Waals surface area contributed by atoms with Crippen LogP contribution in [-0.4, -0.2) is 23.3 Å². The lowest BCUT2D eigenvalue weighted by atomic mass is 10.1. The maximum atomic E-state index is 10.5. The number of benzene rings is 1. The highest BCUT2D eigenvalue weighted by Crippen LogP contribution is 2.13. The zero-order valence-corrected chi connectivity index (χ0v) is 10.5. The normalized spacial score (nSPS) is 10.1. The summed E-state index contributed by atoms with van der Waals surface area (Å²) in [7, 11) is 1.93. The molecule has 4 nitrogen and oxygen atoms in total. The van der Waals surface area contributed by atoms with Crippen molar-refractivity contribution in [2.75, 3.05) is 11.9 Å². The molecule has 0 bridgehead atoms. The van der Waals surface area contributed by atoms with Gasteiger partial charge in [-0.05, 0) is 18.1 Å². The maximum absolute atomic E-state index is 10.5. The van der Waals surface area contributed by atoms with Crippen molar-refractivity contribution in [2.45, 2.75) is 13.5 Å². The topological polar surface area (TPSA) is 46.1 Å². The van der Waals surface area contributed by atoms with E-state index in [2.05, 4.69) is 29.0 Å². The van der Waals surface area contributed by atoms with Gasteiger partial charge in [0, 0.05) is 26.0 Å². The van der Waals surface area contributed by atoms with Gasteiger partial charge in [0.2, 0.25) is 5.95 Å². The molecular formula is C14H15N3O. The Morgan fingerprint density at radius 2 is 1.89 bits per heavy atom. The Balaban J connectivity index is 2.14. The van der Waals surface area contributed by atoms with Crippen molar-refractivity contribution in [3.63, 3.8) is 0 Å². The first-order valence-corrected chi connectivity index (χ1v) is 5.73. The molecule has 1 aromatic heterocycles. The molecule has 0 atom stereocenters. The number of aryl methyl sites for hydroxylation is 1. The van der Waals surface area contributed by atoms with Gasteiger partial charge >= 0.3 is 0 Å². The average Bonchev–Trinajstić information content (AvgIpc) is 2.41. The Kier molecular flexibility index (Phi) is 3.67. The van der Waals surface area contributed by atoms with Gasteiger partial charge in [-0.1, -0.05) is 24.3 Å². The minimum atomic E-state index is 0.489. The molecule has 0 fully saturated rings. The number of carbonyl (C=O) groups excluding carboxylic acids is 1. The third kappa shape index (κ3) is 2.71. The Morgan fingerprint density at radius 1 is 1.22 bits per heavy atom. The number of anilines is 1. The van der Waals surface area contributed by atoms with Gasteiger partial charge in [0.05, 0.1) is 5.56 Å². The van der Waals surface area contributed by atoms with E-state index in [1.165, 1.54) is 23.5 Å². The highest BCUT2D eigenvalue weighted by Gasteiger charge is 2.06. The van der Waals surface area contributed by atoms with E-state index in [1.54, 1.807) is 0 Å². The van der Waals surface area contributed by atoms with Crippen molar-refractivity contribution in [3.8, 4) is 0 Å². The molecule has 92 valence electrons. The van der Waals surface area contributed by atoms with Gasteiger partial charge in [-0.3, -0.25) is 4.79 Å². The molecule has 0 aliphatic rings. The molecule has 0 saturated carbocycles. The first-order valence-electron chi connectivity index (χ1n) is 5.73. The fourth-order valence-corrected chi connectivity index (χ4v) is 1.70. The fourth-order valence-electron chi connectivity index (χ4n) is 1.70. The minimum absolute atomic E-state index is 0.489. The summed E-state index contributed by atoms with van der Waals surface area (Å²) in [5.41, 5.74) is 2.97. The second kappa shape index (κ2) is 5.40. The zero-order chi connectivity index (χ0) is 13.0. The smallest absolute Gasteiger partial charge is 0.225 e. The Labute approximate surface area is 106 Å². The molecule has 0 spiro atoms. The van der Waals surface area contributed by atoms with Crippen molar-refractivity contribution in [2.24, 2.45) is 0 Å². The number of aldehydes is 1. The van der Waals surface area contributed by atoms with Gasteiger partial charge in [-0.25, -0.2) is 9.97 Å². The molecule has 4 heteroatoms. The Hall–Kier alpha value is -2.23. The van der Waals surface area contributed by atoms with Gasteiger partial charge < -0.3 is 4.90 Å². The minimum Gasteiger partial charge on any atom is -0.340 e. The summed E-state index contributed by atoms with van der Waals surface area (Å²) in [6.07, 6.45) is 3.80. The van der Waals surface area contributed by atoms with Gasteiger partial charge in [-0.2, -0.15) is 0 Å². The van der Waals surface area contributed by atoms with E-state index in [9.17, 15) is 4.79 Å². The van der Waals surface area contributed by atoms with E-state index < -0.39 is 0 Å². The van der Waals surface area contributed by atoms with Crippen molar-refractivity contribution in [3.05, 3.63) is 53.3 Å². The van der Waals surface area contributed by atoms with Crippen molar-refractivity contribution < 1.29 is 4.79 Å². The van der Waals surface area contributed by atoms with Crippen LogP contribution in [0.2, 0.25) is 0 Å². The van der Waals surface area contributed by atoms with Crippen molar-refractivity contribution >= 4 is 12.2 Å². The van der Waals surface area contributed by atoms with E-state index in [-0.39, 0.29) is 0 Å². The molecule has 0 saturated heterocycles. The predicted molar refractivity (Wildman–Crippen MR) is 70.7 cm³/mol. The van der Waals surface area contributed by atoms with E-state index in [0.717, 1.165) is 12.8 Å². The van der Waals surface area contributed by atoms with Crippen LogP contribution in [0, 0.1) is 6.92 Å². The van der Waals surface area contributed by atoms with Crippen LogP contribution in [0.25, 0.3) is 0 Å². The summed E-state index contributed by atoms with van der Waals surface area (Å²) >= 11 is 0. The van der Waals surface area contributed by atoms with E-state index >= 15 is 0 Å². The van der Waals surface area contributed by atoms with Gasteiger partial charge in [0.15, 0.2) is 6.29 Å². The summed E-state index contributed by atoms with van der Waals surface area (Å²) in [6.45, 7) is 2.83. The molecule has 0 aliphatic carbocycles. The van der Waals surface area contributed by atoms with Crippen molar-refractivity contribution in [1.82, 2.24) is 9.97 Å². The van der Waals surface area contributed by atoms with Crippen LogP contribution in [-0.2, 0) is 6.54 Å². The van der Waals surface area contributed by atoms with Gasteiger partial charge in [-0.15, -0.1) is 0 Å².